The summed E-state index contributed by atoms with van der Waals surface area (Å²) in [5, 5.41) is 0. The van der Waals surface area contributed by atoms with Gasteiger partial charge in [0, 0.05) is 4.47 Å². The Labute approximate surface area is 152 Å². The molecule has 0 radical (unpaired) electrons. The van der Waals surface area contributed by atoms with Gasteiger partial charge in [-0.15, -0.1) is 0 Å². The summed E-state index contributed by atoms with van der Waals surface area (Å²) >= 11 is 3.41. The van der Waals surface area contributed by atoms with Gasteiger partial charge in [0.15, 0.2) is 0 Å². The van der Waals surface area contributed by atoms with Crippen molar-refractivity contribution < 1.29 is 0 Å². The zero-order chi connectivity index (χ0) is 17.8. The molecule has 0 saturated carbocycles. The molecule has 24 heavy (non-hydrogen) atoms. The van der Waals surface area contributed by atoms with Gasteiger partial charge in [0.05, 0.1) is 6.04 Å². The van der Waals surface area contributed by atoms with Crippen LogP contribution in [0.15, 0.2) is 89.4 Å². The van der Waals surface area contributed by atoms with Crippen LogP contribution in [0.25, 0.3) is 0 Å². The van der Waals surface area contributed by atoms with Gasteiger partial charge >= 0.3 is 0 Å². The smallest absolute Gasteiger partial charge is 0.0551 e. The fraction of sp³-hybridized carbons (Fsp3) is 0.100. The molecular weight excluding hydrogens is 362 g/mol. The molecule has 3 rings (SSSR count). The lowest BCUT2D eigenvalue weighted by molar-refractivity contribution is 0.871. The Morgan fingerprint density at radius 2 is 1.08 bits per heavy atom. The largest absolute Gasteiger partial charge is 0.320 e. The number of hydrazine groups is 1. The first-order valence-corrected chi connectivity index (χ1v) is 8.37. The molecule has 126 valence electrons. The minimum absolute atomic E-state index is 0.0423. The minimum Gasteiger partial charge on any atom is -0.320 e. The molecule has 3 aromatic carbocycles. The minimum atomic E-state index is -0.0423. The predicted molar refractivity (Wildman–Crippen MR) is 106 cm³/mol. The summed E-state index contributed by atoms with van der Waals surface area (Å²) in [6, 6.07) is 28.4. The fourth-order valence-corrected chi connectivity index (χ4v) is 2.32. The monoisotopic (exact) mass is 385 g/mol. The topological polar surface area (TPSA) is 78.1 Å². The number of benzene rings is 3. The van der Waals surface area contributed by atoms with Gasteiger partial charge in [-0.25, -0.2) is 0 Å². The van der Waals surface area contributed by atoms with Crippen molar-refractivity contribution >= 4 is 15.9 Å². The molecular formula is C20H24BrN3. The van der Waals surface area contributed by atoms with Crippen LogP contribution in [0.5, 0.6) is 0 Å². The Morgan fingerprint density at radius 3 is 1.50 bits per heavy atom. The third-order valence-corrected chi connectivity index (χ3v) is 3.86. The quantitative estimate of drug-likeness (QED) is 0.454. The summed E-state index contributed by atoms with van der Waals surface area (Å²) in [7, 11) is 0. The average Bonchev–Trinajstić information content (AvgIpc) is 2.65. The maximum Gasteiger partial charge on any atom is 0.0551 e. The maximum absolute atomic E-state index is 6.15. The van der Waals surface area contributed by atoms with E-state index in [0.29, 0.717) is 0 Å². The number of hydrogen-bond acceptors (Lipinski definition) is 3. The summed E-state index contributed by atoms with van der Waals surface area (Å²) in [4.78, 5) is 0. The molecule has 0 bridgehead atoms. The van der Waals surface area contributed by atoms with E-state index in [4.69, 9.17) is 5.73 Å². The lowest BCUT2D eigenvalue weighted by atomic mass is 10.00. The van der Waals surface area contributed by atoms with Crippen molar-refractivity contribution in [2.24, 2.45) is 17.4 Å². The Balaban J connectivity index is 0.000000268. The molecule has 1 atom stereocenters. The van der Waals surface area contributed by atoms with Crippen LogP contribution in [0.2, 0.25) is 0 Å². The van der Waals surface area contributed by atoms with Gasteiger partial charge in [-0.3, -0.25) is 11.7 Å². The highest BCUT2D eigenvalue weighted by Crippen LogP contribution is 2.20. The molecule has 0 aliphatic rings. The van der Waals surface area contributed by atoms with Crippen molar-refractivity contribution in [1.82, 2.24) is 0 Å². The van der Waals surface area contributed by atoms with E-state index < -0.39 is 0 Å². The number of rotatable bonds is 2. The Morgan fingerprint density at radius 1 is 0.667 bits per heavy atom. The first kappa shape index (κ1) is 20.1. The molecule has 6 N–H and O–H groups in total. The van der Waals surface area contributed by atoms with E-state index in [0.717, 1.165) is 15.6 Å². The highest BCUT2D eigenvalue weighted by molar-refractivity contribution is 9.10. The summed E-state index contributed by atoms with van der Waals surface area (Å²) in [5.74, 6) is 8.00. The number of nitrogens with two attached hydrogens (primary N) is 3. The summed E-state index contributed by atoms with van der Waals surface area (Å²) in [6.45, 7) is 2.08. The second-order valence-electron chi connectivity index (χ2n) is 5.09. The Kier molecular flexibility index (Phi) is 9.65. The molecule has 3 nitrogen and oxygen atoms in total. The molecule has 0 heterocycles. The molecule has 3 aromatic rings. The first-order valence-electron chi connectivity index (χ1n) is 7.58. The number of halogens is 1. The second-order valence-corrected chi connectivity index (χ2v) is 6.01. The van der Waals surface area contributed by atoms with Crippen molar-refractivity contribution in [3.63, 3.8) is 0 Å². The molecule has 0 amide bonds. The molecule has 0 fully saturated rings. The van der Waals surface area contributed by atoms with E-state index in [2.05, 4.69) is 46.7 Å². The zero-order valence-corrected chi connectivity index (χ0v) is 15.4. The van der Waals surface area contributed by atoms with Crippen LogP contribution in [0, 0.1) is 6.92 Å². The number of hydrogen-bond donors (Lipinski definition) is 3. The van der Waals surface area contributed by atoms with Gasteiger partial charge in [0.2, 0.25) is 0 Å². The SMILES string of the molecule is Cc1ccccc1.NC(c1ccccc1)c1ccc(Br)cc1.NN. The standard InChI is InChI=1S/C13H12BrN.C7H8.H4N2/c14-12-8-6-11(7-9-12)13(15)10-4-2-1-3-5-10;1-7-5-3-2-4-6-7;1-2/h1-9,13H,15H2;2-6H,1H3;1-2H2. The van der Waals surface area contributed by atoms with Crippen LogP contribution in [0.4, 0.5) is 0 Å². The lowest BCUT2D eigenvalue weighted by Gasteiger charge is -2.12. The molecule has 0 aromatic heterocycles. The Bertz CT molecular complexity index is 670. The second kappa shape index (κ2) is 11.5. The average molecular weight is 386 g/mol. The van der Waals surface area contributed by atoms with Crippen molar-refractivity contribution in [2.45, 2.75) is 13.0 Å². The van der Waals surface area contributed by atoms with Gasteiger partial charge < -0.3 is 5.73 Å². The highest BCUT2D eigenvalue weighted by Gasteiger charge is 2.07. The molecule has 0 aliphatic carbocycles. The van der Waals surface area contributed by atoms with Gasteiger partial charge in [-0.1, -0.05) is 94.3 Å². The van der Waals surface area contributed by atoms with Crippen LogP contribution in [-0.4, -0.2) is 0 Å². The van der Waals surface area contributed by atoms with Crippen molar-refractivity contribution in [3.8, 4) is 0 Å². The third-order valence-electron chi connectivity index (χ3n) is 3.33. The maximum atomic E-state index is 6.15. The van der Waals surface area contributed by atoms with Gasteiger partial charge in [-0.05, 0) is 30.2 Å². The Hall–Kier alpha value is -1.98. The van der Waals surface area contributed by atoms with Crippen LogP contribution >= 0.6 is 15.9 Å². The van der Waals surface area contributed by atoms with E-state index in [-0.39, 0.29) is 6.04 Å². The van der Waals surface area contributed by atoms with Crippen molar-refractivity contribution in [3.05, 3.63) is 106 Å². The lowest BCUT2D eigenvalue weighted by Crippen LogP contribution is -2.11. The van der Waals surface area contributed by atoms with Gasteiger partial charge in [0.1, 0.15) is 0 Å². The van der Waals surface area contributed by atoms with Crippen LogP contribution in [-0.2, 0) is 0 Å². The van der Waals surface area contributed by atoms with E-state index in [1.165, 1.54) is 5.56 Å². The molecule has 0 spiro atoms. The normalized spacial score (nSPS) is 10.5. The van der Waals surface area contributed by atoms with Crippen LogP contribution in [0.1, 0.15) is 22.7 Å². The van der Waals surface area contributed by atoms with E-state index in [1.807, 2.05) is 72.8 Å². The van der Waals surface area contributed by atoms with E-state index in [9.17, 15) is 0 Å². The van der Waals surface area contributed by atoms with Crippen molar-refractivity contribution in [1.29, 1.82) is 0 Å². The highest BCUT2D eigenvalue weighted by atomic mass is 79.9. The molecule has 4 heteroatoms. The summed E-state index contributed by atoms with van der Waals surface area (Å²) < 4.78 is 1.08. The third kappa shape index (κ3) is 7.06. The number of aryl methyl sites for hydroxylation is 1. The molecule has 0 saturated heterocycles. The first-order chi connectivity index (χ1) is 11.7. The molecule has 1 unspecified atom stereocenters. The molecule has 0 aliphatic heterocycles. The fourth-order valence-electron chi connectivity index (χ4n) is 2.06. The summed E-state index contributed by atoms with van der Waals surface area (Å²) in [6.07, 6.45) is 0. The summed E-state index contributed by atoms with van der Waals surface area (Å²) in [5.41, 5.74) is 9.74. The van der Waals surface area contributed by atoms with E-state index >= 15 is 0 Å². The van der Waals surface area contributed by atoms with Crippen LogP contribution in [0.3, 0.4) is 0 Å². The van der Waals surface area contributed by atoms with Gasteiger partial charge in [-0.2, -0.15) is 0 Å². The zero-order valence-electron chi connectivity index (χ0n) is 13.8. The van der Waals surface area contributed by atoms with E-state index in [1.54, 1.807) is 0 Å². The van der Waals surface area contributed by atoms with Crippen LogP contribution < -0.4 is 17.4 Å². The van der Waals surface area contributed by atoms with Crippen molar-refractivity contribution in [2.75, 3.05) is 0 Å². The van der Waals surface area contributed by atoms with Gasteiger partial charge in [0.25, 0.3) is 0 Å². The predicted octanol–water partition coefficient (Wildman–Crippen LogP) is 4.31.